The highest BCUT2D eigenvalue weighted by atomic mass is 16.4. The quantitative estimate of drug-likeness (QED) is 0.930. The molecule has 1 aromatic carbocycles. The zero-order chi connectivity index (χ0) is 14.7. The molecule has 21 heavy (non-hydrogen) atoms. The molecule has 0 spiro atoms. The first-order valence-corrected chi connectivity index (χ1v) is 6.83. The van der Waals surface area contributed by atoms with E-state index in [1.807, 2.05) is 29.3 Å². The van der Waals surface area contributed by atoms with Gasteiger partial charge >= 0.3 is 0 Å². The van der Waals surface area contributed by atoms with Gasteiger partial charge in [0.25, 0.3) is 5.91 Å². The van der Waals surface area contributed by atoms with Crippen LogP contribution < -0.4 is 5.43 Å². The number of hydrazine groups is 1. The average Bonchev–Trinajstić information content (AvgIpc) is 2.95. The summed E-state index contributed by atoms with van der Waals surface area (Å²) in [4.78, 5) is 12.1. The van der Waals surface area contributed by atoms with Gasteiger partial charge in [-0.2, -0.15) is 0 Å². The number of carbonyl (C=O) groups excluding carboxylic acids is 1. The summed E-state index contributed by atoms with van der Waals surface area (Å²) in [7, 11) is 0. The number of hydrogen-bond donors (Lipinski definition) is 1. The maximum Gasteiger partial charge on any atom is 0.265 e. The first kappa shape index (κ1) is 13.5. The third kappa shape index (κ3) is 3.17. The molecule has 0 saturated heterocycles. The highest BCUT2D eigenvalue weighted by Gasteiger charge is 2.18. The molecule has 0 fully saturated rings. The molecule has 0 saturated carbocycles. The lowest BCUT2D eigenvalue weighted by atomic mass is 10.1. The van der Waals surface area contributed by atoms with E-state index in [2.05, 4.69) is 15.6 Å². The van der Waals surface area contributed by atoms with Crippen molar-refractivity contribution in [1.82, 2.24) is 20.6 Å². The van der Waals surface area contributed by atoms with Crippen LogP contribution in [0.15, 0.2) is 40.8 Å². The molecule has 6 heteroatoms. The molecule has 3 rings (SSSR count). The van der Waals surface area contributed by atoms with E-state index in [1.165, 1.54) is 0 Å². The summed E-state index contributed by atoms with van der Waals surface area (Å²) in [5, 5.41) is 9.72. The molecule has 1 aliphatic rings. The topological polar surface area (TPSA) is 71.3 Å². The molecule has 0 bridgehead atoms. The minimum Gasteiger partial charge on any atom is -0.421 e. The van der Waals surface area contributed by atoms with Gasteiger partial charge in [-0.1, -0.05) is 24.3 Å². The van der Waals surface area contributed by atoms with Gasteiger partial charge in [0.15, 0.2) is 0 Å². The first-order chi connectivity index (χ1) is 10.2. The van der Waals surface area contributed by atoms with Crippen molar-refractivity contribution in [3.05, 3.63) is 53.8 Å². The summed E-state index contributed by atoms with van der Waals surface area (Å²) in [6, 6.07) is 9.17. The van der Waals surface area contributed by atoms with Crippen LogP contribution in [0.2, 0.25) is 0 Å². The van der Waals surface area contributed by atoms with Gasteiger partial charge in [-0.15, -0.1) is 10.2 Å². The Bertz CT molecular complexity index is 663. The van der Waals surface area contributed by atoms with Crippen molar-refractivity contribution in [2.24, 2.45) is 0 Å². The maximum absolute atomic E-state index is 12.1. The minimum absolute atomic E-state index is 0.0962. The highest BCUT2D eigenvalue weighted by molar-refractivity contribution is 5.93. The molecular formula is C15H16N4O2. The fraction of sp³-hybridized carbons (Fsp3) is 0.267. The predicted molar refractivity (Wildman–Crippen MR) is 77.1 cm³/mol. The van der Waals surface area contributed by atoms with E-state index < -0.39 is 0 Å². The second-order valence-electron chi connectivity index (χ2n) is 4.86. The van der Waals surface area contributed by atoms with Crippen LogP contribution in [-0.4, -0.2) is 34.2 Å². The van der Waals surface area contributed by atoms with E-state index in [0.29, 0.717) is 30.4 Å². The number of rotatable bonds is 3. The van der Waals surface area contributed by atoms with Crippen LogP contribution in [0.3, 0.4) is 0 Å². The SMILES string of the molecule is Cc1nnc(C2=CCN(NC(=O)c3ccccc3)CC2)o1. The Morgan fingerprint density at radius 2 is 2.10 bits per heavy atom. The summed E-state index contributed by atoms with van der Waals surface area (Å²) < 4.78 is 5.41. The largest absolute Gasteiger partial charge is 0.421 e. The summed E-state index contributed by atoms with van der Waals surface area (Å²) in [5.74, 6) is 1.04. The van der Waals surface area contributed by atoms with E-state index >= 15 is 0 Å². The lowest BCUT2D eigenvalue weighted by Gasteiger charge is -2.25. The van der Waals surface area contributed by atoms with Crippen LogP contribution >= 0.6 is 0 Å². The maximum atomic E-state index is 12.1. The van der Waals surface area contributed by atoms with Crippen molar-refractivity contribution in [2.45, 2.75) is 13.3 Å². The summed E-state index contributed by atoms with van der Waals surface area (Å²) in [6.45, 7) is 3.10. The molecule has 0 atom stereocenters. The molecule has 0 unspecified atom stereocenters. The Labute approximate surface area is 122 Å². The van der Waals surface area contributed by atoms with Crippen LogP contribution in [0.25, 0.3) is 5.57 Å². The first-order valence-electron chi connectivity index (χ1n) is 6.83. The Hall–Kier alpha value is -2.47. The second-order valence-corrected chi connectivity index (χ2v) is 4.86. The summed E-state index contributed by atoms with van der Waals surface area (Å²) in [6.07, 6.45) is 2.76. The number of amides is 1. The van der Waals surface area contributed by atoms with Crippen molar-refractivity contribution in [1.29, 1.82) is 0 Å². The predicted octanol–water partition coefficient (Wildman–Crippen LogP) is 1.81. The van der Waals surface area contributed by atoms with Crippen LogP contribution in [0, 0.1) is 6.92 Å². The van der Waals surface area contributed by atoms with Gasteiger partial charge in [0.05, 0.1) is 0 Å². The molecular weight excluding hydrogens is 268 g/mol. The van der Waals surface area contributed by atoms with E-state index in [4.69, 9.17) is 4.42 Å². The lowest BCUT2D eigenvalue weighted by molar-refractivity contribution is 0.0806. The van der Waals surface area contributed by atoms with Crippen LogP contribution in [-0.2, 0) is 0 Å². The van der Waals surface area contributed by atoms with Gasteiger partial charge in [0.2, 0.25) is 11.8 Å². The number of carbonyl (C=O) groups is 1. The summed E-state index contributed by atoms with van der Waals surface area (Å²) in [5.41, 5.74) is 4.58. The molecule has 108 valence electrons. The number of hydrogen-bond acceptors (Lipinski definition) is 5. The monoisotopic (exact) mass is 284 g/mol. The van der Waals surface area contributed by atoms with Gasteiger partial charge < -0.3 is 4.42 Å². The van der Waals surface area contributed by atoms with E-state index in [9.17, 15) is 4.79 Å². The van der Waals surface area contributed by atoms with Gasteiger partial charge in [-0.05, 0) is 18.6 Å². The molecule has 0 radical (unpaired) electrons. The molecule has 2 aromatic rings. The number of benzene rings is 1. The Morgan fingerprint density at radius 3 is 2.71 bits per heavy atom. The zero-order valence-electron chi connectivity index (χ0n) is 11.7. The average molecular weight is 284 g/mol. The third-order valence-electron chi connectivity index (χ3n) is 3.31. The van der Waals surface area contributed by atoms with E-state index in [-0.39, 0.29) is 5.91 Å². The number of aryl methyl sites for hydroxylation is 1. The van der Waals surface area contributed by atoms with Crippen molar-refractivity contribution >= 4 is 11.5 Å². The molecule has 1 amide bonds. The molecule has 1 aliphatic heterocycles. The zero-order valence-corrected chi connectivity index (χ0v) is 11.7. The van der Waals surface area contributed by atoms with Gasteiger partial charge in [-0.3, -0.25) is 10.2 Å². The van der Waals surface area contributed by atoms with Gasteiger partial charge in [0.1, 0.15) is 0 Å². The van der Waals surface area contributed by atoms with Crippen LogP contribution in [0.1, 0.15) is 28.6 Å². The number of nitrogens with one attached hydrogen (secondary N) is 1. The molecule has 0 aliphatic carbocycles. The standard InChI is InChI=1S/C15H16N4O2/c1-11-16-17-15(21-11)13-7-9-19(10-8-13)18-14(20)12-5-3-2-4-6-12/h2-7H,8-10H2,1H3,(H,18,20). The molecule has 1 N–H and O–H groups in total. The fourth-order valence-electron chi connectivity index (χ4n) is 2.19. The Morgan fingerprint density at radius 1 is 1.29 bits per heavy atom. The third-order valence-corrected chi connectivity index (χ3v) is 3.31. The van der Waals surface area contributed by atoms with E-state index in [1.54, 1.807) is 19.1 Å². The van der Waals surface area contributed by atoms with Crippen molar-refractivity contribution < 1.29 is 9.21 Å². The van der Waals surface area contributed by atoms with E-state index in [0.717, 1.165) is 12.0 Å². The smallest absolute Gasteiger partial charge is 0.265 e. The molecule has 6 nitrogen and oxygen atoms in total. The molecule has 2 heterocycles. The number of aromatic nitrogens is 2. The minimum atomic E-state index is -0.0962. The highest BCUT2D eigenvalue weighted by Crippen LogP contribution is 2.20. The van der Waals surface area contributed by atoms with Gasteiger partial charge in [0, 0.05) is 31.1 Å². The summed E-state index contributed by atoms with van der Waals surface area (Å²) >= 11 is 0. The van der Waals surface area contributed by atoms with Crippen molar-refractivity contribution in [3.8, 4) is 0 Å². The normalized spacial score (nSPS) is 15.6. The van der Waals surface area contributed by atoms with Crippen molar-refractivity contribution in [2.75, 3.05) is 13.1 Å². The van der Waals surface area contributed by atoms with Gasteiger partial charge in [-0.25, -0.2) is 5.01 Å². The lowest BCUT2D eigenvalue weighted by Crippen LogP contribution is -2.44. The van der Waals surface area contributed by atoms with Crippen LogP contribution in [0.4, 0.5) is 0 Å². The van der Waals surface area contributed by atoms with Crippen LogP contribution in [0.5, 0.6) is 0 Å². The fourth-order valence-corrected chi connectivity index (χ4v) is 2.19. The second kappa shape index (κ2) is 5.88. The Balaban J connectivity index is 1.61. The van der Waals surface area contributed by atoms with Crippen molar-refractivity contribution in [3.63, 3.8) is 0 Å². The number of nitrogens with zero attached hydrogens (tertiary/aromatic N) is 3. The Kier molecular flexibility index (Phi) is 3.79. The molecule has 1 aromatic heterocycles.